The normalized spacial score (nSPS) is 11.7. The SMILES string of the molecule is C=CCCO[Si](C)(C)OCCCCCCCCC. The first-order chi connectivity index (χ1) is 8.62. The van der Waals surface area contributed by atoms with Crippen LogP contribution in [0.1, 0.15) is 58.3 Å². The number of hydrogen-bond acceptors (Lipinski definition) is 2. The lowest BCUT2D eigenvalue weighted by molar-refractivity contribution is 0.178. The third kappa shape index (κ3) is 12.3. The van der Waals surface area contributed by atoms with Gasteiger partial charge in [-0.25, -0.2) is 0 Å². The fourth-order valence-electron chi connectivity index (χ4n) is 1.81. The first kappa shape index (κ1) is 17.9. The van der Waals surface area contributed by atoms with Crippen molar-refractivity contribution in [1.29, 1.82) is 0 Å². The predicted octanol–water partition coefficient (Wildman–Crippen LogP) is 5.05. The second-order valence-corrected chi connectivity index (χ2v) is 8.67. The van der Waals surface area contributed by atoms with Gasteiger partial charge in [0.1, 0.15) is 0 Å². The molecule has 0 bridgehead atoms. The van der Waals surface area contributed by atoms with E-state index in [1.165, 1.54) is 44.9 Å². The molecule has 0 N–H and O–H groups in total. The molecule has 0 unspecified atom stereocenters. The minimum atomic E-state index is -1.87. The van der Waals surface area contributed by atoms with Crippen molar-refractivity contribution in [1.82, 2.24) is 0 Å². The molecule has 18 heavy (non-hydrogen) atoms. The van der Waals surface area contributed by atoms with Crippen molar-refractivity contribution in [2.75, 3.05) is 13.2 Å². The second-order valence-electron chi connectivity index (χ2n) is 5.30. The highest BCUT2D eigenvalue weighted by molar-refractivity contribution is 6.64. The van der Waals surface area contributed by atoms with Gasteiger partial charge in [0, 0.05) is 13.2 Å². The summed E-state index contributed by atoms with van der Waals surface area (Å²) in [6, 6.07) is 0. The van der Waals surface area contributed by atoms with Gasteiger partial charge in [0.15, 0.2) is 0 Å². The summed E-state index contributed by atoms with van der Waals surface area (Å²) >= 11 is 0. The zero-order chi connectivity index (χ0) is 13.7. The maximum atomic E-state index is 5.89. The van der Waals surface area contributed by atoms with Crippen molar-refractivity contribution < 1.29 is 8.85 Å². The highest BCUT2D eigenvalue weighted by Crippen LogP contribution is 2.10. The van der Waals surface area contributed by atoms with Crippen LogP contribution in [0.15, 0.2) is 12.7 Å². The first-order valence-corrected chi connectivity index (χ1v) is 10.3. The lowest BCUT2D eigenvalue weighted by Gasteiger charge is -2.22. The van der Waals surface area contributed by atoms with Gasteiger partial charge >= 0.3 is 8.56 Å². The van der Waals surface area contributed by atoms with Crippen LogP contribution in [0.2, 0.25) is 13.1 Å². The largest absolute Gasteiger partial charge is 0.395 e. The smallest absolute Gasteiger partial charge is 0.331 e. The minimum Gasteiger partial charge on any atom is -0.395 e. The van der Waals surface area contributed by atoms with Gasteiger partial charge in [-0.1, -0.05) is 51.5 Å². The highest BCUT2D eigenvalue weighted by Gasteiger charge is 2.23. The van der Waals surface area contributed by atoms with Gasteiger partial charge in [0.2, 0.25) is 0 Å². The molecule has 0 aromatic carbocycles. The molecule has 3 heteroatoms. The Bertz CT molecular complexity index is 193. The van der Waals surface area contributed by atoms with Crippen molar-refractivity contribution in [2.24, 2.45) is 0 Å². The Labute approximate surface area is 115 Å². The van der Waals surface area contributed by atoms with Gasteiger partial charge in [0.05, 0.1) is 0 Å². The van der Waals surface area contributed by atoms with E-state index in [1.807, 2.05) is 6.08 Å². The monoisotopic (exact) mass is 272 g/mol. The summed E-state index contributed by atoms with van der Waals surface area (Å²) in [6.45, 7) is 11.8. The quantitative estimate of drug-likeness (QED) is 0.265. The summed E-state index contributed by atoms with van der Waals surface area (Å²) in [5, 5.41) is 0. The Balaban J connectivity index is 3.32. The van der Waals surface area contributed by atoms with E-state index >= 15 is 0 Å². The summed E-state index contributed by atoms with van der Waals surface area (Å²) in [6.07, 6.45) is 12.1. The molecule has 0 amide bonds. The van der Waals surface area contributed by atoms with Gasteiger partial charge in [-0.15, -0.1) is 6.58 Å². The zero-order valence-electron chi connectivity index (χ0n) is 12.7. The van der Waals surface area contributed by atoms with E-state index in [0.29, 0.717) is 0 Å². The Morgan fingerprint density at radius 2 is 1.44 bits per heavy atom. The average Bonchev–Trinajstić information content (AvgIpc) is 2.33. The van der Waals surface area contributed by atoms with E-state index in [9.17, 15) is 0 Å². The van der Waals surface area contributed by atoms with Gasteiger partial charge in [-0.2, -0.15) is 0 Å². The fraction of sp³-hybridized carbons (Fsp3) is 0.867. The Morgan fingerprint density at radius 1 is 0.889 bits per heavy atom. The van der Waals surface area contributed by atoms with Gasteiger partial charge < -0.3 is 8.85 Å². The third-order valence-electron chi connectivity index (χ3n) is 2.97. The van der Waals surface area contributed by atoms with E-state index in [-0.39, 0.29) is 0 Å². The second kappa shape index (κ2) is 11.9. The summed E-state index contributed by atoms with van der Waals surface area (Å²) in [7, 11) is -1.87. The Hall–Kier alpha value is -0.123. The Kier molecular flexibility index (Phi) is 11.9. The van der Waals surface area contributed by atoms with E-state index in [0.717, 1.165) is 19.6 Å². The molecule has 0 fully saturated rings. The summed E-state index contributed by atoms with van der Waals surface area (Å²) in [5.74, 6) is 0. The highest BCUT2D eigenvalue weighted by atomic mass is 28.4. The van der Waals surface area contributed by atoms with E-state index in [2.05, 4.69) is 26.6 Å². The van der Waals surface area contributed by atoms with Crippen LogP contribution in [0.25, 0.3) is 0 Å². The molecule has 0 aliphatic heterocycles. The number of unbranched alkanes of at least 4 members (excludes halogenated alkanes) is 6. The molecule has 0 radical (unpaired) electrons. The standard InChI is InChI=1S/C15H32O2Si/c1-5-7-9-10-11-12-13-15-17-18(3,4)16-14-8-6-2/h6H,2,5,7-15H2,1,3-4H3. The van der Waals surface area contributed by atoms with Crippen LogP contribution < -0.4 is 0 Å². The summed E-state index contributed by atoms with van der Waals surface area (Å²) in [5.41, 5.74) is 0. The van der Waals surface area contributed by atoms with E-state index < -0.39 is 8.56 Å². The van der Waals surface area contributed by atoms with Gasteiger partial charge in [0.25, 0.3) is 0 Å². The van der Waals surface area contributed by atoms with Crippen LogP contribution in [0, 0.1) is 0 Å². The lowest BCUT2D eigenvalue weighted by atomic mass is 10.1. The molecule has 0 rings (SSSR count). The van der Waals surface area contributed by atoms with Crippen LogP contribution in [0.3, 0.4) is 0 Å². The molecular weight excluding hydrogens is 240 g/mol. The van der Waals surface area contributed by atoms with Crippen LogP contribution >= 0.6 is 0 Å². The third-order valence-corrected chi connectivity index (χ3v) is 4.77. The maximum absolute atomic E-state index is 5.89. The van der Waals surface area contributed by atoms with Crippen molar-refractivity contribution in [3.8, 4) is 0 Å². The first-order valence-electron chi connectivity index (χ1n) is 7.51. The molecule has 2 nitrogen and oxygen atoms in total. The van der Waals surface area contributed by atoms with E-state index in [4.69, 9.17) is 8.85 Å². The topological polar surface area (TPSA) is 18.5 Å². The summed E-state index contributed by atoms with van der Waals surface area (Å²) in [4.78, 5) is 0. The maximum Gasteiger partial charge on any atom is 0.331 e. The molecule has 0 aromatic rings. The molecule has 0 aliphatic rings. The van der Waals surface area contributed by atoms with Gasteiger partial charge in [-0.05, 0) is 25.9 Å². The molecule has 0 aliphatic carbocycles. The molecule has 0 atom stereocenters. The lowest BCUT2D eigenvalue weighted by Crippen LogP contribution is -2.35. The Morgan fingerprint density at radius 3 is 2.06 bits per heavy atom. The van der Waals surface area contributed by atoms with Crippen LogP contribution in [-0.2, 0) is 8.85 Å². The molecular formula is C15H32O2Si. The zero-order valence-corrected chi connectivity index (χ0v) is 13.7. The van der Waals surface area contributed by atoms with Crippen LogP contribution in [0.5, 0.6) is 0 Å². The fourth-order valence-corrected chi connectivity index (χ4v) is 3.14. The van der Waals surface area contributed by atoms with Crippen molar-refractivity contribution in [2.45, 2.75) is 71.4 Å². The molecule has 0 saturated carbocycles. The number of hydrogen-bond donors (Lipinski definition) is 0. The molecule has 0 saturated heterocycles. The van der Waals surface area contributed by atoms with Crippen LogP contribution in [-0.4, -0.2) is 21.8 Å². The summed E-state index contributed by atoms with van der Waals surface area (Å²) < 4.78 is 11.7. The van der Waals surface area contributed by atoms with Crippen LogP contribution in [0.4, 0.5) is 0 Å². The molecule has 108 valence electrons. The van der Waals surface area contributed by atoms with E-state index in [1.54, 1.807) is 0 Å². The van der Waals surface area contributed by atoms with Gasteiger partial charge in [-0.3, -0.25) is 0 Å². The molecule has 0 spiro atoms. The van der Waals surface area contributed by atoms with Crippen molar-refractivity contribution >= 4 is 8.56 Å². The predicted molar refractivity (Wildman–Crippen MR) is 82.2 cm³/mol. The van der Waals surface area contributed by atoms with Crippen molar-refractivity contribution in [3.05, 3.63) is 12.7 Å². The number of rotatable bonds is 13. The molecule has 0 heterocycles. The van der Waals surface area contributed by atoms with Crippen molar-refractivity contribution in [3.63, 3.8) is 0 Å². The molecule has 0 aromatic heterocycles. The minimum absolute atomic E-state index is 0.750. The average molecular weight is 273 g/mol.